The summed E-state index contributed by atoms with van der Waals surface area (Å²) in [7, 11) is 0. The molecule has 0 aliphatic carbocycles. The number of aliphatic carboxylic acids is 1. The van der Waals surface area contributed by atoms with Crippen LogP contribution >= 0.6 is 11.6 Å². The smallest absolute Gasteiger partial charge is 0.326 e. The molecular formula is C14H15ClN2O4. The van der Waals surface area contributed by atoms with E-state index in [-0.39, 0.29) is 12.1 Å². The van der Waals surface area contributed by atoms with Gasteiger partial charge in [0, 0.05) is 6.54 Å². The molecule has 1 aromatic rings. The highest BCUT2D eigenvalue weighted by Crippen LogP contribution is 2.17. The van der Waals surface area contributed by atoms with E-state index in [1.807, 2.05) is 0 Å². The summed E-state index contributed by atoms with van der Waals surface area (Å²) in [6, 6.07) is 5.71. The van der Waals surface area contributed by atoms with Crippen molar-refractivity contribution in [1.82, 2.24) is 10.2 Å². The molecule has 1 aromatic carbocycles. The van der Waals surface area contributed by atoms with Crippen molar-refractivity contribution in [3.63, 3.8) is 0 Å². The van der Waals surface area contributed by atoms with Gasteiger partial charge in [0.25, 0.3) is 5.91 Å². The van der Waals surface area contributed by atoms with E-state index in [0.29, 0.717) is 24.4 Å². The van der Waals surface area contributed by atoms with Gasteiger partial charge in [-0.05, 0) is 25.0 Å². The highest BCUT2D eigenvalue weighted by Gasteiger charge is 2.33. The number of hydrogen-bond donors (Lipinski definition) is 2. The Morgan fingerprint density at radius 1 is 1.33 bits per heavy atom. The van der Waals surface area contributed by atoms with E-state index in [9.17, 15) is 14.4 Å². The van der Waals surface area contributed by atoms with Gasteiger partial charge in [-0.3, -0.25) is 9.59 Å². The molecule has 1 heterocycles. The maximum atomic E-state index is 12.0. The van der Waals surface area contributed by atoms with Crippen LogP contribution in [0.1, 0.15) is 23.2 Å². The van der Waals surface area contributed by atoms with Gasteiger partial charge in [0.2, 0.25) is 5.91 Å². The largest absolute Gasteiger partial charge is 0.480 e. The summed E-state index contributed by atoms with van der Waals surface area (Å²) in [5.41, 5.74) is 0.281. The average Bonchev–Trinajstić information content (AvgIpc) is 2.94. The van der Waals surface area contributed by atoms with Gasteiger partial charge < -0.3 is 15.3 Å². The molecule has 112 valence electrons. The lowest BCUT2D eigenvalue weighted by molar-refractivity contribution is -0.147. The minimum Gasteiger partial charge on any atom is -0.480 e. The standard InChI is InChI=1S/C14H15ClN2O4/c15-10-5-2-1-4-9(10)13(19)16-8-12(18)17-7-3-6-11(17)14(20)21/h1-2,4-5,11H,3,6-8H2,(H,16,19)(H,20,21). The van der Waals surface area contributed by atoms with Crippen molar-refractivity contribution in [3.05, 3.63) is 34.9 Å². The number of carboxylic acids is 1. The molecule has 1 unspecified atom stereocenters. The van der Waals surface area contributed by atoms with Gasteiger partial charge in [0.05, 0.1) is 17.1 Å². The van der Waals surface area contributed by atoms with Gasteiger partial charge in [-0.15, -0.1) is 0 Å². The zero-order valence-electron chi connectivity index (χ0n) is 11.2. The summed E-state index contributed by atoms with van der Waals surface area (Å²) < 4.78 is 0. The first-order valence-electron chi connectivity index (χ1n) is 6.55. The predicted molar refractivity (Wildman–Crippen MR) is 76.2 cm³/mol. The minimum atomic E-state index is -1.02. The van der Waals surface area contributed by atoms with Gasteiger partial charge in [0.15, 0.2) is 0 Å². The molecule has 1 aliphatic heterocycles. The third-order valence-electron chi connectivity index (χ3n) is 3.38. The molecule has 0 saturated carbocycles. The average molecular weight is 311 g/mol. The Labute approximate surface area is 126 Å². The molecule has 2 rings (SSSR count). The van der Waals surface area contributed by atoms with Gasteiger partial charge in [-0.1, -0.05) is 23.7 Å². The topological polar surface area (TPSA) is 86.7 Å². The van der Waals surface area contributed by atoms with Crippen molar-refractivity contribution < 1.29 is 19.5 Å². The second-order valence-electron chi connectivity index (χ2n) is 4.75. The van der Waals surface area contributed by atoms with Crippen LogP contribution in [0.5, 0.6) is 0 Å². The molecule has 6 nitrogen and oxygen atoms in total. The predicted octanol–water partition coefficient (Wildman–Crippen LogP) is 1.15. The molecular weight excluding hydrogens is 296 g/mol. The lowest BCUT2D eigenvalue weighted by Crippen LogP contribution is -2.45. The fraction of sp³-hybridized carbons (Fsp3) is 0.357. The third-order valence-corrected chi connectivity index (χ3v) is 3.71. The maximum Gasteiger partial charge on any atom is 0.326 e. The molecule has 0 bridgehead atoms. The Kier molecular flexibility index (Phi) is 4.80. The Balaban J connectivity index is 1.94. The van der Waals surface area contributed by atoms with Crippen LogP contribution in [0.3, 0.4) is 0 Å². The summed E-state index contributed by atoms with van der Waals surface area (Å²) in [5, 5.41) is 11.8. The van der Waals surface area contributed by atoms with Crippen LogP contribution in [-0.2, 0) is 9.59 Å². The van der Waals surface area contributed by atoms with Crippen LogP contribution in [0.2, 0.25) is 5.02 Å². The van der Waals surface area contributed by atoms with Crippen LogP contribution in [0.25, 0.3) is 0 Å². The van der Waals surface area contributed by atoms with Crippen LogP contribution in [0.15, 0.2) is 24.3 Å². The van der Waals surface area contributed by atoms with E-state index in [1.54, 1.807) is 24.3 Å². The molecule has 2 N–H and O–H groups in total. The molecule has 0 radical (unpaired) electrons. The summed E-state index contributed by atoms with van der Waals surface area (Å²) in [6.45, 7) is 0.158. The van der Waals surface area contributed by atoms with E-state index < -0.39 is 23.8 Å². The zero-order chi connectivity index (χ0) is 15.4. The number of nitrogens with one attached hydrogen (secondary N) is 1. The van der Waals surface area contributed by atoms with Gasteiger partial charge in [-0.2, -0.15) is 0 Å². The fourth-order valence-corrected chi connectivity index (χ4v) is 2.54. The Morgan fingerprint density at radius 3 is 2.71 bits per heavy atom. The van der Waals surface area contributed by atoms with E-state index in [0.717, 1.165) is 0 Å². The number of rotatable bonds is 4. The lowest BCUT2D eigenvalue weighted by atomic mass is 10.2. The monoisotopic (exact) mass is 310 g/mol. The summed E-state index contributed by atoms with van der Waals surface area (Å²) in [4.78, 5) is 36.2. The second kappa shape index (κ2) is 6.58. The second-order valence-corrected chi connectivity index (χ2v) is 5.15. The lowest BCUT2D eigenvalue weighted by Gasteiger charge is -2.21. The minimum absolute atomic E-state index is 0.242. The van der Waals surface area contributed by atoms with Crippen LogP contribution in [0.4, 0.5) is 0 Å². The van der Waals surface area contributed by atoms with Crippen LogP contribution in [0, 0.1) is 0 Å². The van der Waals surface area contributed by atoms with Crippen molar-refractivity contribution in [2.24, 2.45) is 0 Å². The first-order chi connectivity index (χ1) is 10.0. The number of benzene rings is 1. The first kappa shape index (κ1) is 15.3. The number of carbonyl (C=O) groups excluding carboxylic acids is 2. The SMILES string of the molecule is O=C(NCC(=O)N1CCCC1C(=O)O)c1ccccc1Cl. The highest BCUT2D eigenvalue weighted by atomic mass is 35.5. The number of nitrogens with zero attached hydrogens (tertiary/aromatic N) is 1. The van der Waals surface area contributed by atoms with Crippen molar-refractivity contribution in [3.8, 4) is 0 Å². The Morgan fingerprint density at radius 2 is 2.05 bits per heavy atom. The Hall–Kier alpha value is -2.08. The van der Waals surface area contributed by atoms with Crippen LogP contribution < -0.4 is 5.32 Å². The Bertz CT molecular complexity index is 576. The molecule has 2 amide bonds. The van der Waals surface area contributed by atoms with Gasteiger partial charge >= 0.3 is 5.97 Å². The molecule has 0 spiro atoms. The molecule has 7 heteroatoms. The van der Waals surface area contributed by atoms with Gasteiger partial charge in [-0.25, -0.2) is 4.79 Å². The van der Waals surface area contributed by atoms with E-state index in [4.69, 9.17) is 16.7 Å². The van der Waals surface area contributed by atoms with Crippen molar-refractivity contribution in [1.29, 1.82) is 0 Å². The quantitative estimate of drug-likeness (QED) is 0.873. The van der Waals surface area contributed by atoms with Gasteiger partial charge in [0.1, 0.15) is 6.04 Å². The number of amides is 2. The van der Waals surface area contributed by atoms with E-state index in [2.05, 4.69) is 5.32 Å². The van der Waals surface area contributed by atoms with Crippen molar-refractivity contribution in [2.75, 3.05) is 13.1 Å². The van der Waals surface area contributed by atoms with Crippen molar-refractivity contribution in [2.45, 2.75) is 18.9 Å². The molecule has 1 fully saturated rings. The molecule has 21 heavy (non-hydrogen) atoms. The van der Waals surface area contributed by atoms with Crippen molar-refractivity contribution >= 4 is 29.4 Å². The maximum absolute atomic E-state index is 12.0. The molecule has 1 aliphatic rings. The van der Waals surface area contributed by atoms with E-state index in [1.165, 1.54) is 4.90 Å². The summed E-state index contributed by atoms with van der Waals surface area (Å²) >= 11 is 5.89. The molecule has 1 saturated heterocycles. The number of hydrogen-bond acceptors (Lipinski definition) is 3. The highest BCUT2D eigenvalue weighted by molar-refractivity contribution is 6.33. The fourth-order valence-electron chi connectivity index (χ4n) is 2.32. The molecule has 0 aromatic heterocycles. The number of carboxylic acid groups (broad SMARTS) is 1. The number of carbonyl (C=O) groups is 3. The molecule has 1 atom stereocenters. The van der Waals surface area contributed by atoms with E-state index >= 15 is 0 Å². The number of halogens is 1. The summed E-state index contributed by atoms with van der Waals surface area (Å²) in [5.74, 6) is -1.88. The first-order valence-corrected chi connectivity index (χ1v) is 6.93. The normalized spacial score (nSPS) is 17.6. The summed E-state index contributed by atoms with van der Waals surface area (Å²) in [6.07, 6.45) is 1.10. The zero-order valence-corrected chi connectivity index (χ0v) is 12.0. The third kappa shape index (κ3) is 3.52. The van der Waals surface area contributed by atoms with Crippen LogP contribution in [-0.4, -0.2) is 46.9 Å². The number of likely N-dealkylation sites (tertiary alicyclic amines) is 1.